The van der Waals surface area contributed by atoms with Gasteiger partial charge in [0.2, 0.25) is 0 Å². The number of hydrogen-bond acceptors (Lipinski definition) is 4. The number of aromatic nitrogens is 1. The van der Waals surface area contributed by atoms with Gasteiger partial charge < -0.3 is 16.0 Å². The molecule has 3 N–H and O–H groups in total. The van der Waals surface area contributed by atoms with E-state index in [2.05, 4.69) is 52.1 Å². The van der Waals surface area contributed by atoms with Crippen molar-refractivity contribution in [3.63, 3.8) is 0 Å². The van der Waals surface area contributed by atoms with Gasteiger partial charge in [-0.05, 0) is 43.0 Å². The summed E-state index contributed by atoms with van der Waals surface area (Å²) in [4.78, 5) is 6.36. The lowest BCUT2D eigenvalue weighted by atomic mass is 10.3. The first-order valence-electron chi connectivity index (χ1n) is 4.82. The Bertz CT molecular complexity index is 327. The van der Waals surface area contributed by atoms with Crippen molar-refractivity contribution in [2.24, 2.45) is 0 Å². The fourth-order valence-corrected chi connectivity index (χ4v) is 1.52. The number of nitrogen functional groups attached to an aromatic ring is 1. The van der Waals surface area contributed by atoms with E-state index in [4.69, 9.17) is 5.73 Å². The topological polar surface area (TPSA) is 54.2 Å². The van der Waals surface area contributed by atoms with Gasteiger partial charge in [-0.25, -0.2) is 4.98 Å². The van der Waals surface area contributed by atoms with E-state index in [1.54, 1.807) is 6.20 Å². The molecule has 4 nitrogen and oxygen atoms in total. The molecule has 1 rings (SSSR count). The summed E-state index contributed by atoms with van der Waals surface area (Å²) in [5.41, 5.74) is 6.26. The molecule has 1 aromatic rings. The van der Waals surface area contributed by atoms with Crippen LogP contribution in [0.1, 0.15) is 6.92 Å². The van der Waals surface area contributed by atoms with Crippen LogP contribution in [-0.2, 0) is 0 Å². The predicted molar refractivity (Wildman–Crippen MR) is 68.0 cm³/mol. The van der Waals surface area contributed by atoms with Gasteiger partial charge in [0.25, 0.3) is 0 Å². The average Bonchev–Trinajstić information content (AvgIpc) is 2.15. The van der Waals surface area contributed by atoms with Gasteiger partial charge in [0.15, 0.2) is 0 Å². The van der Waals surface area contributed by atoms with Crippen LogP contribution in [0.5, 0.6) is 0 Å². The quantitative estimate of drug-likeness (QED) is 0.878. The summed E-state index contributed by atoms with van der Waals surface area (Å²) < 4.78 is 0.897. The van der Waals surface area contributed by atoms with E-state index in [0.717, 1.165) is 16.8 Å². The predicted octanol–water partition coefficient (Wildman–Crippen LogP) is 1.79. The molecule has 84 valence electrons. The summed E-state index contributed by atoms with van der Waals surface area (Å²) in [6.07, 6.45) is 1.65. The highest BCUT2D eigenvalue weighted by Gasteiger charge is 2.06. The first-order valence-corrected chi connectivity index (χ1v) is 5.61. The van der Waals surface area contributed by atoms with Gasteiger partial charge >= 0.3 is 0 Å². The lowest BCUT2D eigenvalue weighted by Crippen LogP contribution is -2.31. The smallest absolute Gasteiger partial charge is 0.140 e. The molecule has 1 heterocycles. The lowest BCUT2D eigenvalue weighted by Gasteiger charge is -2.20. The Labute approximate surface area is 99.0 Å². The Balaban J connectivity index is 2.58. The molecule has 0 amide bonds. The van der Waals surface area contributed by atoms with E-state index in [1.165, 1.54) is 0 Å². The van der Waals surface area contributed by atoms with Crippen LogP contribution in [0.3, 0.4) is 0 Å². The molecule has 1 atom stereocenters. The van der Waals surface area contributed by atoms with Gasteiger partial charge in [-0.15, -0.1) is 0 Å². The monoisotopic (exact) mass is 272 g/mol. The van der Waals surface area contributed by atoms with E-state index < -0.39 is 0 Å². The second-order valence-corrected chi connectivity index (χ2v) is 4.65. The highest BCUT2D eigenvalue weighted by molar-refractivity contribution is 9.10. The van der Waals surface area contributed by atoms with Crippen LogP contribution in [0.2, 0.25) is 0 Å². The number of likely N-dealkylation sites (N-methyl/N-ethyl adjacent to an activating group) is 1. The molecule has 0 radical (unpaired) electrons. The number of nitrogens with two attached hydrogens (primary N) is 1. The van der Waals surface area contributed by atoms with E-state index in [1.807, 2.05) is 6.07 Å². The van der Waals surface area contributed by atoms with Crippen molar-refractivity contribution in [1.82, 2.24) is 9.88 Å². The van der Waals surface area contributed by atoms with Crippen LogP contribution in [0, 0.1) is 0 Å². The van der Waals surface area contributed by atoms with Crippen LogP contribution in [0.15, 0.2) is 16.7 Å². The van der Waals surface area contributed by atoms with Gasteiger partial charge in [-0.1, -0.05) is 0 Å². The molecule has 0 saturated carbocycles. The number of nitrogens with zero attached hydrogens (tertiary/aromatic N) is 2. The van der Waals surface area contributed by atoms with E-state index in [9.17, 15) is 0 Å². The first-order chi connectivity index (χ1) is 7.00. The van der Waals surface area contributed by atoms with Gasteiger partial charge in [-0.3, -0.25) is 0 Å². The lowest BCUT2D eigenvalue weighted by molar-refractivity contribution is 0.326. The molecule has 0 fully saturated rings. The van der Waals surface area contributed by atoms with Crippen LogP contribution in [0.4, 0.5) is 11.5 Å². The normalized spacial score (nSPS) is 12.9. The Hall–Kier alpha value is -0.810. The third-order valence-corrected chi connectivity index (χ3v) is 2.91. The summed E-state index contributed by atoms with van der Waals surface area (Å²) in [7, 11) is 4.11. The largest absolute Gasteiger partial charge is 0.397 e. The molecule has 0 saturated heterocycles. The first kappa shape index (κ1) is 12.3. The Morgan fingerprint density at radius 1 is 1.60 bits per heavy atom. The average molecular weight is 273 g/mol. The maximum atomic E-state index is 5.60. The third kappa shape index (κ3) is 3.68. The zero-order chi connectivity index (χ0) is 11.4. The van der Waals surface area contributed by atoms with E-state index in [-0.39, 0.29) is 0 Å². The number of halogens is 1. The number of anilines is 2. The molecule has 0 aromatic carbocycles. The van der Waals surface area contributed by atoms with Crippen LogP contribution < -0.4 is 11.1 Å². The minimum Gasteiger partial charge on any atom is -0.397 e. The SMILES string of the molecule is CC(CNc1ncc(N)cc1Br)N(C)C. The fraction of sp³-hybridized carbons (Fsp3) is 0.500. The van der Waals surface area contributed by atoms with E-state index in [0.29, 0.717) is 11.7 Å². The van der Waals surface area contributed by atoms with Crippen LogP contribution in [0.25, 0.3) is 0 Å². The van der Waals surface area contributed by atoms with E-state index >= 15 is 0 Å². The second-order valence-electron chi connectivity index (χ2n) is 3.79. The Morgan fingerprint density at radius 3 is 2.80 bits per heavy atom. The number of hydrogen-bond donors (Lipinski definition) is 2. The second kappa shape index (κ2) is 5.32. The van der Waals surface area contributed by atoms with Crippen molar-refractivity contribution in [1.29, 1.82) is 0 Å². The molecule has 1 unspecified atom stereocenters. The van der Waals surface area contributed by atoms with Crippen molar-refractivity contribution in [3.05, 3.63) is 16.7 Å². The summed E-state index contributed by atoms with van der Waals surface area (Å²) in [5, 5.41) is 3.27. The number of rotatable bonds is 4. The molecular formula is C10H17BrN4. The minimum atomic E-state index is 0.455. The molecule has 0 spiro atoms. The molecule has 0 aliphatic carbocycles. The zero-order valence-electron chi connectivity index (χ0n) is 9.29. The fourth-order valence-electron chi connectivity index (χ4n) is 1.01. The zero-order valence-corrected chi connectivity index (χ0v) is 10.9. The summed E-state index contributed by atoms with van der Waals surface area (Å²) in [5.74, 6) is 0.831. The van der Waals surface area contributed by atoms with Crippen molar-refractivity contribution >= 4 is 27.4 Å². The Morgan fingerprint density at radius 2 is 2.27 bits per heavy atom. The third-order valence-electron chi connectivity index (χ3n) is 2.31. The van der Waals surface area contributed by atoms with Gasteiger partial charge in [0, 0.05) is 12.6 Å². The number of nitrogens with one attached hydrogen (secondary N) is 1. The molecule has 5 heteroatoms. The maximum Gasteiger partial charge on any atom is 0.140 e. The minimum absolute atomic E-state index is 0.455. The van der Waals surface area contributed by atoms with Gasteiger partial charge in [0.05, 0.1) is 16.4 Å². The molecular weight excluding hydrogens is 256 g/mol. The highest BCUT2D eigenvalue weighted by atomic mass is 79.9. The summed E-state index contributed by atoms with van der Waals surface area (Å²) in [6.45, 7) is 3.00. The number of pyridine rings is 1. The van der Waals surface area contributed by atoms with Crippen molar-refractivity contribution in [2.75, 3.05) is 31.7 Å². The molecule has 0 aliphatic rings. The molecule has 1 aromatic heterocycles. The van der Waals surface area contributed by atoms with Crippen molar-refractivity contribution in [2.45, 2.75) is 13.0 Å². The standard InChI is InChI=1S/C10H17BrN4/c1-7(15(2)3)5-13-10-9(11)4-8(12)6-14-10/h4,6-7H,5,12H2,1-3H3,(H,13,14). The van der Waals surface area contributed by atoms with Crippen molar-refractivity contribution in [3.8, 4) is 0 Å². The van der Waals surface area contributed by atoms with Crippen molar-refractivity contribution < 1.29 is 0 Å². The molecule has 15 heavy (non-hydrogen) atoms. The van der Waals surface area contributed by atoms with Gasteiger partial charge in [0.1, 0.15) is 5.82 Å². The van der Waals surface area contributed by atoms with Crippen LogP contribution in [-0.4, -0.2) is 36.6 Å². The van der Waals surface area contributed by atoms with Gasteiger partial charge in [-0.2, -0.15) is 0 Å². The summed E-state index contributed by atoms with van der Waals surface area (Å²) in [6, 6.07) is 2.30. The molecule has 0 bridgehead atoms. The highest BCUT2D eigenvalue weighted by Crippen LogP contribution is 2.21. The molecule has 0 aliphatic heterocycles. The van der Waals surface area contributed by atoms with Crippen LogP contribution >= 0.6 is 15.9 Å². The Kier molecular flexibility index (Phi) is 4.35. The summed E-state index contributed by atoms with van der Waals surface area (Å²) >= 11 is 3.42. The maximum absolute atomic E-state index is 5.60.